The molecule has 5 heteroatoms. The standard InChI is InChI=1S/C11H15N3OS/c12-6-11(1-3-15-4-2-11)9-5-8-10(16-9)14-7-13-8/h5,7H,1-4,6,12H2,(H,13,14). The van der Waals surface area contributed by atoms with Crippen LogP contribution in [-0.2, 0) is 10.2 Å². The van der Waals surface area contributed by atoms with Crippen molar-refractivity contribution < 1.29 is 4.74 Å². The van der Waals surface area contributed by atoms with E-state index in [2.05, 4.69) is 16.0 Å². The molecule has 1 aliphatic rings. The summed E-state index contributed by atoms with van der Waals surface area (Å²) >= 11 is 1.76. The van der Waals surface area contributed by atoms with Gasteiger partial charge in [0.25, 0.3) is 0 Å². The molecule has 0 saturated carbocycles. The van der Waals surface area contributed by atoms with Crippen LogP contribution in [0.4, 0.5) is 0 Å². The van der Waals surface area contributed by atoms with Crippen LogP contribution < -0.4 is 5.73 Å². The second kappa shape index (κ2) is 3.84. The van der Waals surface area contributed by atoms with E-state index in [0.717, 1.165) is 36.4 Å². The van der Waals surface area contributed by atoms with Crippen LogP contribution in [0.5, 0.6) is 0 Å². The molecule has 0 aliphatic carbocycles. The summed E-state index contributed by atoms with van der Waals surface area (Å²) in [7, 11) is 0. The summed E-state index contributed by atoms with van der Waals surface area (Å²) in [6.07, 6.45) is 3.78. The van der Waals surface area contributed by atoms with Crippen molar-refractivity contribution in [1.29, 1.82) is 0 Å². The maximum absolute atomic E-state index is 5.98. The van der Waals surface area contributed by atoms with Crippen LogP contribution in [0.1, 0.15) is 17.7 Å². The Morgan fingerprint density at radius 1 is 1.50 bits per heavy atom. The van der Waals surface area contributed by atoms with Crippen molar-refractivity contribution >= 4 is 21.7 Å². The second-order valence-corrected chi connectivity index (χ2v) is 5.36. The smallest absolute Gasteiger partial charge is 0.141 e. The molecule has 86 valence electrons. The molecule has 0 radical (unpaired) electrons. The molecule has 3 rings (SSSR count). The van der Waals surface area contributed by atoms with Crippen LogP contribution in [0.15, 0.2) is 12.4 Å². The van der Waals surface area contributed by atoms with E-state index in [4.69, 9.17) is 10.5 Å². The molecule has 0 unspecified atom stereocenters. The molecule has 2 aromatic rings. The van der Waals surface area contributed by atoms with Gasteiger partial charge in [0, 0.05) is 30.1 Å². The molecular weight excluding hydrogens is 222 g/mol. The molecule has 1 saturated heterocycles. The lowest BCUT2D eigenvalue weighted by molar-refractivity contribution is 0.0542. The van der Waals surface area contributed by atoms with Crippen LogP contribution in [-0.4, -0.2) is 29.7 Å². The number of rotatable bonds is 2. The van der Waals surface area contributed by atoms with E-state index in [1.54, 1.807) is 17.7 Å². The third-order valence-electron chi connectivity index (χ3n) is 3.48. The minimum atomic E-state index is 0.116. The zero-order valence-electron chi connectivity index (χ0n) is 9.03. The topological polar surface area (TPSA) is 63.9 Å². The van der Waals surface area contributed by atoms with Gasteiger partial charge in [0.15, 0.2) is 0 Å². The van der Waals surface area contributed by atoms with Gasteiger partial charge in [0.1, 0.15) is 4.83 Å². The number of imidazole rings is 1. The van der Waals surface area contributed by atoms with Crippen LogP contribution in [0, 0.1) is 0 Å². The summed E-state index contributed by atoms with van der Waals surface area (Å²) in [5.41, 5.74) is 7.22. The molecule has 3 heterocycles. The van der Waals surface area contributed by atoms with Gasteiger partial charge in [-0.05, 0) is 18.9 Å². The van der Waals surface area contributed by atoms with Crippen LogP contribution in [0.2, 0.25) is 0 Å². The molecular formula is C11H15N3OS. The number of aromatic amines is 1. The summed E-state index contributed by atoms with van der Waals surface area (Å²) in [6, 6.07) is 2.20. The summed E-state index contributed by atoms with van der Waals surface area (Å²) in [5.74, 6) is 0. The summed E-state index contributed by atoms with van der Waals surface area (Å²) in [5, 5.41) is 0. The third-order valence-corrected chi connectivity index (χ3v) is 4.77. The Hall–Kier alpha value is -0.910. The third kappa shape index (κ3) is 1.47. The van der Waals surface area contributed by atoms with Gasteiger partial charge in [-0.3, -0.25) is 0 Å². The first kappa shape index (κ1) is 10.3. The van der Waals surface area contributed by atoms with Crippen LogP contribution in [0.3, 0.4) is 0 Å². The number of fused-ring (bicyclic) bond motifs is 1. The fraction of sp³-hybridized carbons (Fsp3) is 0.545. The fourth-order valence-corrected chi connectivity index (χ4v) is 3.54. The predicted octanol–water partition coefficient (Wildman–Crippen LogP) is 1.63. The molecule has 2 aromatic heterocycles. The van der Waals surface area contributed by atoms with Gasteiger partial charge >= 0.3 is 0 Å². The Labute approximate surface area is 97.8 Å². The van der Waals surface area contributed by atoms with E-state index in [-0.39, 0.29) is 5.41 Å². The Morgan fingerprint density at radius 3 is 3.00 bits per heavy atom. The molecule has 0 amide bonds. The molecule has 3 N–H and O–H groups in total. The van der Waals surface area contributed by atoms with E-state index in [9.17, 15) is 0 Å². The maximum Gasteiger partial charge on any atom is 0.141 e. The largest absolute Gasteiger partial charge is 0.381 e. The zero-order chi connectivity index (χ0) is 11.0. The SMILES string of the molecule is NCC1(c2cc3[nH]cnc3s2)CCOCC1. The number of aromatic nitrogens is 2. The van der Waals surface area contributed by atoms with Crippen LogP contribution in [0.25, 0.3) is 10.3 Å². The number of hydrogen-bond donors (Lipinski definition) is 2. The highest BCUT2D eigenvalue weighted by Gasteiger charge is 2.34. The van der Waals surface area contributed by atoms with Crippen molar-refractivity contribution in [1.82, 2.24) is 9.97 Å². The summed E-state index contributed by atoms with van der Waals surface area (Å²) < 4.78 is 5.43. The van der Waals surface area contributed by atoms with E-state index >= 15 is 0 Å². The molecule has 0 atom stereocenters. The van der Waals surface area contributed by atoms with Gasteiger partial charge in [-0.2, -0.15) is 0 Å². The average molecular weight is 237 g/mol. The molecule has 16 heavy (non-hydrogen) atoms. The van der Waals surface area contributed by atoms with E-state index in [1.165, 1.54) is 4.88 Å². The Kier molecular flexibility index (Phi) is 2.46. The molecule has 4 nitrogen and oxygen atoms in total. The maximum atomic E-state index is 5.98. The predicted molar refractivity (Wildman–Crippen MR) is 64.8 cm³/mol. The van der Waals surface area contributed by atoms with Crippen molar-refractivity contribution in [3.8, 4) is 0 Å². The lowest BCUT2D eigenvalue weighted by Gasteiger charge is -2.35. The zero-order valence-corrected chi connectivity index (χ0v) is 9.85. The number of ether oxygens (including phenoxy) is 1. The minimum absolute atomic E-state index is 0.116. The molecule has 1 fully saturated rings. The number of hydrogen-bond acceptors (Lipinski definition) is 4. The number of nitrogens with one attached hydrogen (secondary N) is 1. The van der Waals surface area contributed by atoms with Crippen molar-refractivity contribution in [2.75, 3.05) is 19.8 Å². The quantitative estimate of drug-likeness (QED) is 0.834. The Morgan fingerprint density at radius 2 is 2.31 bits per heavy atom. The van der Waals surface area contributed by atoms with Crippen molar-refractivity contribution in [2.24, 2.45) is 5.73 Å². The highest BCUT2D eigenvalue weighted by Crippen LogP contribution is 2.39. The normalized spacial score (nSPS) is 20.3. The first-order valence-electron chi connectivity index (χ1n) is 5.55. The highest BCUT2D eigenvalue weighted by atomic mass is 32.1. The first-order valence-corrected chi connectivity index (χ1v) is 6.37. The van der Waals surface area contributed by atoms with E-state index < -0.39 is 0 Å². The fourth-order valence-electron chi connectivity index (χ4n) is 2.32. The Balaban J connectivity index is 2.02. The number of nitrogens with zero attached hydrogens (tertiary/aromatic N) is 1. The molecule has 0 aromatic carbocycles. The molecule has 0 spiro atoms. The van der Waals surface area contributed by atoms with E-state index in [1.807, 2.05) is 0 Å². The second-order valence-electron chi connectivity index (χ2n) is 4.33. The lowest BCUT2D eigenvalue weighted by Crippen LogP contribution is -2.39. The van der Waals surface area contributed by atoms with Gasteiger partial charge < -0.3 is 15.5 Å². The summed E-state index contributed by atoms with van der Waals surface area (Å²) in [6.45, 7) is 2.33. The first-order chi connectivity index (χ1) is 7.84. The molecule has 1 aliphatic heterocycles. The lowest BCUT2D eigenvalue weighted by atomic mass is 9.79. The van der Waals surface area contributed by atoms with Crippen molar-refractivity contribution in [3.63, 3.8) is 0 Å². The number of nitrogens with two attached hydrogens (primary N) is 1. The van der Waals surface area contributed by atoms with E-state index in [0.29, 0.717) is 6.54 Å². The summed E-state index contributed by atoms with van der Waals surface area (Å²) in [4.78, 5) is 9.87. The monoisotopic (exact) mass is 237 g/mol. The van der Waals surface area contributed by atoms with Crippen molar-refractivity contribution in [3.05, 3.63) is 17.3 Å². The highest BCUT2D eigenvalue weighted by molar-refractivity contribution is 7.18. The van der Waals surface area contributed by atoms with Gasteiger partial charge in [-0.25, -0.2) is 4.98 Å². The average Bonchev–Trinajstić information content (AvgIpc) is 2.90. The van der Waals surface area contributed by atoms with Gasteiger partial charge in [-0.15, -0.1) is 11.3 Å². The minimum Gasteiger partial charge on any atom is -0.381 e. The Bertz CT molecular complexity index is 456. The number of thiophene rings is 1. The number of H-pyrrole nitrogens is 1. The van der Waals surface area contributed by atoms with Gasteiger partial charge in [0.2, 0.25) is 0 Å². The van der Waals surface area contributed by atoms with Crippen LogP contribution >= 0.6 is 11.3 Å². The van der Waals surface area contributed by atoms with Crippen molar-refractivity contribution in [2.45, 2.75) is 18.3 Å². The van der Waals surface area contributed by atoms with Gasteiger partial charge in [0.05, 0.1) is 11.8 Å². The molecule has 0 bridgehead atoms. The van der Waals surface area contributed by atoms with Gasteiger partial charge in [-0.1, -0.05) is 0 Å².